The molecular formula is C23H28N2O4S. The largest absolute Gasteiger partial charge is 0.464 e. The number of aryl methyl sites for hydroxylation is 2. The van der Waals surface area contributed by atoms with E-state index in [1.807, 2.05) is 31.4 Å². The van der Waals surface area contributed by atoms with Crippen molar-refractivity contribution in [2.45, 2.75) is 46.6 Å². The maximum atomic E-state index is 13.8. The van der Waals surface area contributed by atoms with Crippen molar-refractivity contribution in [2.24, 2.45) is 0 Å². The fourth-order valence-electron chi connectivity index (χ4n) is 3.68. The molecule has 30 heavy (non-hydrogen) atoms. The molecule has 2 aromatic heterocycles. The van der Waals surface area contributed by atoms with Gasteiger partial charge in [-0.15, -0.1) is 11.3 Å². The Morgan fingerprint density at radius 2 is 1.97 bits per heavy atom. The van der Waals surface area contributed by atoms with Crippen molar-refractivity contribution in [3.8, 4) is 11.1 Å². The minimum absolute atomic E-state index is 0.236. The molecule has 0 aliphatic carbocycles. The zero-order chi connectivity index (χ0) is 22.1. The molecule has 0 bridgehead atoms. The molecule has 3 aromatic rings. The van der Waals surface area contributed by atoms with Crippen LogP contribution < -0.4 is 5.56 Å². The van der Waals surface area contributed by atoms with Crippen molar-refractivity contribution in [3.05, 3.63) is 50.9 Å². The maximum absolute atomic E-state index is 13.8. The van der Waals surface area contributed by atoms with Gasteiger partial charge in [0.15, 0.2) is 0 Å². The second-order valence-electron chi connectivity index (χ2n) is 7.84. The molecule has 6 nitrogen and oxygen atoms in total. The van der Waals surface area contributed by atoms with E-state index in [1.165, 1.54) is 15.9 Å². The Morgan fingerprint density at radius 1 is 1.23 bits per heavy atom. The number of nitrogens with zero attached hydrogens (tertiary/aromatic N) is 2. The van der Waals surface area contributed by atoms with Crippen molar-refractivity contribution >= 4 is 27.5 Å². The van der Waals surface area contributed by atoms with E-state index in [4.69, 9.17) is 14.5 Å². The number of rotatable bonds is 7. The molecule has 1 aromatic carbocycles. The van der Waals surface area contributed by atoms with Crippen molar-refractivity contribution in [2.75, 3.05) is 20.3 Å². The molecule has 0 aliphatic heterocycles. The predicted octanol–water partition coefficient (Wildman–Crippen LogP) is 4.23. The molecule has 0 saturated carbocycles. The van der Waals surface area contributed by atoms with E-state index in [9.17, 15) is 9.59 Å². The third-order valence-corrected chi connectivity index (χ3v) is 6.09. The van der Waals surface area contributed by atoms with Gasteiger partial charge in [-0.05, 0) is 45.7 Å². The molecule has 0 atom stereocenters. The van der Waals surface area contributed by atoms with Crippen LogP contribution in [0.3, 0.4) is 0 Å². The average molecular weight is 429 g/mol. The van der Waals surface area contributed by atoms with Crippen LogP contribution in [0.2, 0.25) is 0 Å². The smallest absolute Gasteiger partial charge is 0.331 e. The molecule has 0 spiro atoms. The van der Waals surface area contributed by atoms with Crippen LogP contribution in [-0.4, -0.2) is 35.8 Å². The van der Waals surface area contributed by atoms with Gasteiger partial charge in [0, 0.05) is 24.5 Å². The van der Waals surface area contributed by atoms with E-state index < -0.39 is 11.5 Å². The Balaban J connectivity index is 2.31. The quantitative estimate of drug-likeness (QED) is 0.527. The summed E-state index contributed by atoms with van der Waals surface area (Å²) < 4.78 is 11.9. The zero-order valence-corrected chi connectivity index (χ0v) is 19.2. The monoisotopic (exact) mass is 428 g/mol. The number of aromatic nitrogens is 2. The average Bonchev–Trinajstić information content (AvgIpc) is 3.10. The second-order valence-corrected chi connectivity index (χ2v) is 8.70. The molecule has 160 valence electrons. The highest BCUT2D eigenvalue weighted by atomic mass is 32.1. The second kappa shape index (κ2) is 8.70. The summed E-state index contributed by atoms with van der Waals surface area (Å²) in [6.45, 7) is 9.85. The molecule has 0 fully saturated rings. The molecule has 0 unspecified atom stereocenters. The number of thiophene rings is 1. The van der Waals surface area contributed by atoms with Gasteiger partial charge in [0.2, 0.25) is 0 Å². The lowest BCUT2D eigenvalue weighted by atomic mass is 9.98. The number of carbonyl (C=O) groups excluding carboxylic acids is 1. The van der Waals surface area contributed by atoms with E-state index in [0.717, 1.165) is 22.3 Å². The summed E-state index contributed by atoms with van der Waals surface area (Å²) >= 11 is 1.44. The number of ether oxygens (including phenoxy) is 2. The number of methoxy groups -OCH3 is 1. The third kappa shape index (κ3) is 3.91. The van der Waals surface area contributed by atoms with Gasteiger partial charge in [-0.2, -0.15) is 0 Å². The van der Waals surface area contributed by atoms with Crippen molar-refractivity contribution in [1.29, 1.82) is 0 Å². The summed E-state index contributed by atoms with van der Waals surface area (Å²) in [6.07, 6.45) is 0.418. The Morgan fingerprint density at radius 3 is 2.60 bits per heavy atom. The van der Waals surface area contributed by atoms with E-state index in [-0.39, 0.29) is 12.2 Å². The van der Waals surface area contributed by atoms with Gasteiger partial charge in [0.1, 0.15) is 16.2 Å². The lowest BCUT2D eigenvalue weighted by Crippen LogP contribution is -2.46. The van der Waals surface area contributed by atoms with Gasteiger partial charge in [0.05, 0.1) is 18.6 Å². The molecule has 7 heteroatoms. The highest BCUT2D eigenvalue weighted by Crippen LogP contribution is 2.34. The Labute approximate surface area is 180 Å². The van der Waals surface area contributed by atoms with Crippen LogP contribution in [0.4, 0.5) is 0 Å². The van der Waals surface area contributed by atoms with Crippen LogP contribution in [0.15, 0.2) is 28.4 Å². The van der Waals surface area contributed by atoms with Crippen LogP contribution in [0.1, 0.15) is 37.7 Å². The number of hydrogen-bond donors (Lipinski definition) is 0. The van der Waals surface area contributed by atoms with Crippen molar-refractivity contribution in [3.63, 3.8) is 0 Å². The van der Waals surface area contributed by atoms with Gasteiger partial charge in [-0.3, -0.25) is 9.36 Å². The lowest BCUT2D eigenvalue weighted by Gasteiger charge is -2.27. The number of benzene rings is 1. The fourth-order valence-corrected chi connectivity index (χ4v) is 4.63. The first-order chi connectivity index (χ1) is 14.2. The number of carbonyl (C=O) groups is 1. The number of esters is 1. The minimum atomic E-state index is -1.20. The van der Waals surface area contributed by atoms with Gasteiger partial charge >= 0.3 is 5.97 Å². The first-order valence-corrected chi connectivity index (χ1v) is 10.9. The Hall–Kier alpha value is -2.51. The summed E-state index contributed by atoms with van der Waals surface area (Å²) in [5.74, 6) is 0.0524. The van der Waals surface area contributed by atoms with Gasteiger partial charge < -0.3 is 9.47 Å². The van der Waals surface area contributed by atoms with Crippen LogP contribution in [-0.2, 0) is 26.2 Å². The summed E-state index contributed by atoms with van der Waals surface area (Å²) in [4.78, 5) is 31.9. The summed E-state index contributed by atoms with van der Waals surface area (Å²) in [6, 6.07) is 6.17. The van der Waals surface area contributed by atoms with Gasteiger partial charge in [-0.25, -0.2) is 9.78 Å². The Kier molecular flexibility index (Phi) is 6.43. The third-order valence-electron chi connectivity index (χ3n) is 5.21. The fraction of sp³-hybridized carbons (Fsp3) is 0.435. The zero-order valence-electron chi connectivity index (χ0n) is 18.4. The highest BCUT2D eigenvalue weighted by molar-refractivity contribution is 7.17. The molecule has 0 saturated heterocycles. The van der Waals surface area contributed by atoms with E-state index in [2.05, 4.69) is 6.07 Å². The van der Waals surface area contributed by atoms with Gasteiger partial charge in [0.25, 0.3) is 5.56 Å². The van der Waals surface area contributed by atoms with Crippen molar-refractivity contribution in [1.82, 2.24) is 9.55 Å². The van der Waals surface area contributed by atoms with Crippen LogP contribution in [0.25, 0.3) is 21.3 Å². The van der Waals surface area contributed by atoms with Crippen LogP contribution in [0.5, 0.6) is 0 Å². The normalized spacial score (nSPS) is 11.8. The van der Waals surface area contributed by atoms with Gasteiger partial charge in [-0.1, -0.05) is 23.8 Å². The standard InChI is InChI=1S/C23H28N2O4S/c1-7-29-22(27)23(4,5)25-18(10-11-28-6)24-20-19(21(25)26)17(13-30-20)16-9-8-14(2)12-15(16)3/h8-9,12-13H,7,10-11H2,1-6H3. The molecule has 0 aliphatic rings. The van der Waals surface area contributed by atoms with Crippen molar-refractivity contribution < 1.29 is 14.3 Å². The molecule has 0 radical (unpaired) electrons. The summed E-state index contributed by atoms with van der Waals surface area (Å²) in [5, 5.41) is 2.50. The molecule has 2 heterocycles. The molecule has 0 amide bonds. The summed E-state index contributed by atoms with van der Waals surface area (Å²) in [5.41, 5.74) is 2.66. The summed E-state index contributed by atoms with van der Waals surface area (Å²) in [7, 11) is 1.60. The van der Waals surface area contributed by atoms with E-state index in [0.29, 0.717) is 29.1 Å². The number of fused-ring (bicyclic) bond motifs is 1. The van der Waals surface area contributed by atoms with E-state index >= 15 is 0 Å². The first-order valence-electron chi connectivity index (χ1n) is 9.99. The van der Waals surface area contributed by atoms with Crippen LogP contribution >= 0.6 is 11.3 Å². The topological polar surface area (TPSA) is 70.4 Å². The lowest BCUT2D eigenvalue weighted by molar-refractivity contribution is -0.152. The highest BCUT2D eigenvalue weighted by Gasteiger charge is 2.36. The molecular weight excluding hydrogens is 400 g/mol. The molecule has 3 rings (SSSR count). The van der Waals surface area contributed by atoms with E-state index in [1.54, 1.807) is 27.9 Å². The van der Waals surface area contributed by atoms with Crippen LogP contribution in [0, 0.1) is 13.8 Å². The predicted molar refractivity (Wildman–Crippen MR) is 120 cm³/mol. The first kappa shape index (κ1) is 22.2. The SMILES string of the molecule is CCOC(=O)C(C)(C)n1c(CCOC)nc2scc(-c3ccc(C)cc3C)c2c1=O. The maximum Gasteiger partial charge on any atom is 0.331 e. The molecule has 0 N–H and O–H groups in total. The Bertz CT molecular complexity index is 1140. The number of hydrogen-bond acceptors (Lipinski definition) is 6. The minimum Gasteiger partial charge on any atom is -0.464 e.